The average molecular weight is 465 g/mol. The third-order valence-corrected chi connectivity index (χ3v) is 6.87. The summed E-state index contributed by atoms with van der Waals surface area (Å²) in [6.45, 7) is 6.12. The summed E-state index contributed by atoms with van der Waals surface area (Å²) in [7, 11) is 0. The number of nitrogens with zero attached hydrogens (tertiary/aromatic N) is 2. The number of hydrogen-bond donors (Lipinski definition) is 4. The van der Waals surface area contributed by atoms with Crippen molar-refractivity contribution in [2.24, 2.45) is 5.41 Å². The Labute approximate surface area is 188 Å². The number of carboxylic acid groups (broad SMARTS) is 1. The molecule has 0 bridgehead atoms. The summed E-state index contributed by atoms with van der Waals surface area (Å²) in [5, 5.41) is 22.2. The van der Waals surface area contributed by atoms with Crippen LogP contribution in [0.2, 0.25) is 0 Å². The molecular formula is C21H25FN4O5S. The fourth-order valence-electron chi connectivity index (χ4n) is 3.55. The fraction of sp³-hybridized carbons (Fsp3) is 0.429. The topological polar surface area (TPSA) is 136 Å². The van der Waals surface area contributed by atoms with Crippen molar-refractivity contribution in [2.75, 3.05) is 12.3 Å². The number of benzene rings is 1. The van der Waals surface area contributed by atoms with Gasteiger partial charge >= 0.3 is 6.09 Å². The molecular weight excluding hydrogens is 439 g/mol. The van der Waals surface area contributed by atoms with Crippen LogP contribution in [0.5, 0.6) is 5.75 Å². The Morgan fingerprint density at radius 1 is 1.31 bits per heavy atom. The third-order valence-electron chi connectivity index (χ3n) is 5.13. The quantitative estimate of drug-likeness (QED) is 0.546. The van der Waals surface area contributed by atoms with Crippen LogP contribution < -0.4 is 10.9 Å². The second-order valence-corrected chi connectivity index (χ2v) is 9.79. The predicted molar refractivity (Wildman–Crippen MR) is 117 cm³/mol. The first-order valence-corrected chi connectivity index (χ1v) is 11.0. The molecule has 0 spiro atoms. The lowest BCUT2D eigenvalue weighted by molar-refractivity contribution is 0.0940. The Balaban J connectivity index is 1.96. The number of aromatic amines is 1. The third kappa shape index (κ3) is 5.04. The van der Waals surface area contributed by atoms with Crippen LogP contribution in [0.4, 0.5) is 9.18 Å². The lowest BCUT2D eigenvalue weighted by atomic mass is 9.86. The minimum absolute atomic E-state index is 0.00532. The first-order valence-electron chi connectivity index (χ1n) is 9.96. The molecule has 2 heterocycles. The van der Waals surface area contributed by atoms with E-state index in [1.807, 2.05) is 20.8 Å². The second kappa shape index (κ2) is 9.19. The van der Waals surface area contributed by atoms with Crippen molar-refractivity contribution in [3.05, 3.63) is 57.5 Å². The molecule has 0 aliphatic carbocycles. The molecule has 32 heavy (non-hydrogen) atoms. The summed E-state index contributed by atoms with van der Waals surface area (Å²) in [5.41, 5.74) is -1.17. The molecule has 1 aliphatic rings. The molecule has 4 N–H and O–H groups in total. The number of nitrogens with one attached hydrogen (secondary N) is 2. The van der Waals surface area contributed by atoms with E-state index in [-0.39, 0.29) is 29.6 Å². The minimum Gasteiger partial charge on any atom is -0.501 e. The van der Waals surface area contributed by atoms with Gasteiger partial charge in [0.05, 0.1) is 0 Å². The molecule has 9 nitrogen and oxygen atoms in total. The number of aromatic hydroxyl groups is 1. The van der Waals surface area contributed by atoms with Crippen LogP contribution in [-0.4, -0.2) is 54.6 Å². The van der Waals surface area contributed by atoms with Crippen molar-refractivity contribution in [1.82, 2.24) is 20.2 Å². The van der Waals surface area contributed by atoms with Gasteiger partial charge in [0.2, 0.25) is 5.75 Å². The Morgan fingerprint density at radius 3 is 2.56 bits per heavy atom. The first kappa shape index (κ1) is 23.6. The second-order valence-electron chi connectivity index (χ2n) is 8.54. The predicted octanol–water partition coefficient (Wildman–Crippen LogP) is 2.73. The summed E-state index contributed by atoms with van der Waals surface area (Å²) in [4.78, 5) is 44.8. The summed E-state index contributed by atoms with van der Waals surface area (Å²) in [6, 6.07) is 4.66. The van der Waals surface area contributed by atoms with E-state index in [2.05, 4.69) is 15.3 Å². The molecule has 1 aromatic carbocycles. The number of thioether (sulfide) groups is 1. The van der Waals surface area contributed by atoms with Gasteiger partial charge in [-0.25, -0.2) is 14.2 Å². The summed E-state index contributed by atoms with van der Waals surface area (Å²) < 4.78 is 13.1. The molecule has 0 radical (unpaired) electrons. The Hall–Kier alpha value is -3.08. The van der Waals surface area contributed by atoms with Gasteiger partial charge in [-0.1, -0.05) is 32.9 Å². The van der Waals surface area contributed by atoms with Crippen molar-refractivity contribution < 1.29 is 24.2 Å². The minimum atomic E-state index is -1.16. The molecule has 2 atom stereocenters. The van der Waals surface area contributed by atoms with Crippen molar-refractivity contribution >= 4 is 23.8 Å². The van der Waals surface area contributed by atoms with Gasteiger partial charge < -0.3 is 20.5 Å². The molecule has 2 aromatic rings. The summed E-state index contributed by atoms with van der Waals surface area (Å²) >= 11 is 1.57. The van der Waals surface area contributed by atoms with Crippen molar-refractivity contribution in [1.29, 1.82) is 0 Å². The van der Waals surface area contributed by atoms with Crippen LogP contribution in [0.1, 0.15) is 48.7 Å². The van der Waals surface area contributed by atoms with Crippen LogP contribution in [0.25, 0.3) is 0 Å². The van der Waals surface area contributed by atoms with E-state index < -0.39 is 40.9 Å². The average Bonchev–Trinajstić information content (AvgIpc) is 2.73. The van der Waals surface area contributed by atoms with E-state index in [9.17, 15) is 29.0 Å². The van der Waals surface area contributed by atoms with Crippen molar-refractivity contribution in [3.63, 3.8) is 0 Å². The maximum atomic E-state index is 13.1. The van der Waals surface area contributed by atoms with Crippen molar-refractivity contribution in [3.8, 4) is 5.75 Å². The van der Waals surface area contributed by atoms with Gasteiger partial charge in [-0.05, 0) is 23.1 Å². The van der Waals surface area contributed by atoms with Crippen LogP contribution >= 0.6 is 11.8 Å². The maximum absolute atomic E-state index is 13.1. The van der Waals surface area contributed by atoms with Crippen LogP contribution in [0.15, 0.2) is 29.1 Å². The molecule has 1 saturated heterocycles. The Kier molecular flexibility index (Phi) is 6.77. The van der Waals surface area contributed by atoms with Crippen LogP contribution in [0.3, 0.4) is 0 Å². The first-order chi connectivity index (χ1) is 15.0. The number of H-pyrrole nitrogens is 1. The van der Waals surface area contributed by atoms with Gasteiger partial charge in [0.15, 0.2) is 5.69 Å². The number of amides is 2. The maximum Gasteiger partial charge on any atom is 0.407 e. The van der Waals surface area contributed by atoms with Crippen LogP contribution in [0, 0.1) is 11.2 Å². The normalized spacial score (nSPS) is 18.9. The molecule has 2 unspecified atom stereocenters. The highest BCUT2D eigenvalue weighted by atomic mass is 32.2. The van der Waals surface area contributed by atoms with Gasteiger partial charge in [-0.15, -0.1) is 0 Å². The number of carbonyl (C=O) groups is 2. The van der Waals surface area contributed by atoms with Gasteiger partial charge in [0.1, 0.15) is 17.7 Å². The van der Waals surface area contributed by atoms with E-state index in [0.29, 0.717) is 11.3 Å². The zero-order chi connectivity index (χ0) is 23.6. The standard InChI is InChI=1S/C21H25FN4O5S/c1-21(2,3)16-14(26(20(30)31)8-9-32-16)17-24-13(15(27)19(29)25-17)18(28)23-10-11-4-6-12(22)7-5-11/h4-7,14,16,27H,8-10H2,1-3H3,(H,23,28)(H,30,31)(H,24,25,29). The van der Waals surface area contributed by atoms with Gasteiger partial charge in [-0.3, -0.25) is 14.5 Å². The molecule has 1 aliphatic heterocycles. The highest BCUT2D eigenvalue weighted by Crippen LogP contribution is 2.44. The fourth-order valence-corrected chi connectivity index (χ4v) is 5.07. The molecule has 1 aromatic heterocycles. The smallest absolute Gasteiger partial charge is 0.407 e. The highest BCUT2D eigenvalue weighted by Gasteiger charge is 2.44. The lowest BCUT2D eigenvalue weighted by Gasteiger charge is -2.44. The van der Waals surface area contributed by atoms with E-state index in [0.717, 1.165) is 0 Å². The number of hydrogen-bond acceptors (Lipinski definition) is 6. The van der Waals surface area contributed by atoms with Gasteiger partial charge in [-0.2, -0.15) is 11.8 Å². The zero-order valence-electron chi connectivity index (χ0n) is 17.9. The Bertz CT molecular complexity index is 1070. The van der Waals surface area contributed by atoms with E-state index in [1.54, 1.807) is 11.8 Å². The number of halogens is 1. The lowest BCUT2D eigenvalue weighted by Crippen LogP contribution is -2.49. The molecule has 172 valence electrons. The highest BCUT2D eigenvalue weighted by molar-refractivity contribution is 8.00. The monoisotopic (exact) mass is 464 g/mol. The Morgan fingerprint density at radius 2 is 1.97 bits per heavy atom. The largest absolute Gasteiger partial charge is 0.501 e. The molecule has 3 rings (SSSR count). The van der Waals surface area contributed by atoms with Gasteiger partial charge in [0.25, 0.3) is 11.5 Å². The number of aromatic nitrogens is 2. The SMILES string of the molecule is CC(C)(C)C1SCCN(C(=O)O)C1c1nc(C(=O)NCc2ccc(F)cc2)c(O)c(=O)[nH]1. The molecule has 1 fully saturated rings. The summed E-state index contributed by atoms with van der Waals surface area (Å²) in [5.74, 6) is -1.51. The van der Waals surface area contributed by atoms with E-state index in [1.165, 1.54) is 29.2 Å². The van der Waals surface area contributed by atoms with E-state index >= 15 is 0 Å². The zero-order valence-corrected chi connectivity index (χ0v) is 18.7. The number of carbonyl (C=O) groups excluding carboxylic acids is 1. The summed E-state index contributed by atoms with van der Waals surface area (Å²) in [6.07, 6.45) is -1.16. The van der Waals surface area contributed by atoms with E-state index in [4.69, 9.17) is 0 Å². The molecule has 11 heteroatoms. The number of rotatable bonds is 4. The molecule has 0 saturated carbocycles. The van der Waals surface area contributed by atoms with Gasteiger partial charge in [0, 0.05) is 24.1 Å². The van der Waals surface area contributed by atoms with Crippen molar-refractivity contribution in [2.45, 2.75) is 38.6 Å². The van der Waals surface area contributed by atoms with Crippen LogP contribution in [-0.2, 0) is 6.54 Å². The molecule has 2 amide bonds.